The second-order valence-electron chi connectivity index (χ2n) is 6.00. The minimum Gasteiger partial charge on any atom is -0.381 e. The zero-order chi connectivity index (χ0) is 16.0. The van der Waals surface area contributed by atoms with Gasteiger partial charge in [-0.25, -0.2) is 4.39 Å². The third-order valence-electron chi connectivity index (χ3n) is 4.36. The molecule has 1 aliphatic heterocycles. The zero-order valence-electron chi connectivity index (χ0n) is 12.6. The number of aliphatic hydroxyl groups is 1. The van der Waals surface area contributed by atoms with Crippen molar-refractivity contribution in [3.8, 4) is 0 Å². The number of pyridine rings is 1. The number of anilines is 1. The van der Waals surface area contributed by atoms with Crippen LogP contribution in [0.3, 0.4) is 0 Å². The van der Waals surface area contributed by atoms with Gasteiger partial charge in [-0.2, -0.15) is 15.4 Å². The fraction of sp³-hybridized carbons (Fsp3) is 0.312. The molecule has 0 bridgehead atoms. The van der Waals surface area contributed by atoms with Crippen molar-refractivity contribution in [1.82, 2.24) is 20.4 Å². The van der Waals surface area contributed by atoms with Crippen LogP contribution in [-0.4, -0.2) is 38.6 Å². The standard InChI is InChI=1S/C16H16FN5O/c1-10-6-14(12-7-11(17)2-3-13(12)19-10)22-5-4-16(23,9-22)15-8-18-21-20-15/h2-3,6-8,23H,4-5,9H2,1H3,(H,18,20,21)/t16-/m0/s1. The number of H-pyrrole nitrogens is 1. The van der Waals surface area contributed by atoms with Crippen molar-refractivity contribution in [3.63, 3.8) is 0 Å². The maximum Gasteiger partial charge on any atom is 0.129 e. The number of halogens is 1. The number of nitrogens with zero attached hydrogens (tertiary/aromatic N) is 4. The quantitative estimate of drug-likeness (QED) is 0.755. The van der Waals surface area contributed by atoms with Gasteiger partial charge in [0.2, 0.25) is 0 Å². The van der Waals surface area contributed by atoms with E-state index in [1.807, 2.05) is 17.9 Å². The molecule has 0 unspecified atom stereocenters. The number of nitrogens with one attached hydrogen (secondary N) is 1. The molecule has 2 aromatic heterocycles. The third-order valence-corrected chi connectivity index (χ3v) is 4.36. The molecule has 4 rings (SSSR count). The van der Waals surface area contributed by atoms with E-state index >= 15 is 0 Å². The molecular weight excluding hydrogens is 297 g/mol. The molecule has 3 heterocycles. The summed E-state index contributed by atoms with van der Waals surface area (Å²) >= 11 is 0. The summed E-state index contributed by atoms with van der Waals surface area (Å²) in [5.41, 5.74) is 1.96. The Morgan fingerprint density at radius 1 is 1.35 bits per heavy atom. The summed E-state index contributed by atoms with van der Waals surface area (Å²) in [6, 6.07) is 6.51. The van der Waals surface area contributed by atoms with Crippen molar-refractivity contribution in [1.29, 1.82) is 0 Å². The first-order valence-electron chi connectivity index (χ1n) is 7.46. The van der Waals surface area contributed by atoms with Crippen LogP contribution in [0.4, 0.5) is 10.1 Å². The molecule has 1 atom stereocenters. The SMILES string of the molecule is Cc1cc(N2CC[C@@](O)(c3cn[nH]n3)C2)c2cc(F)ccc2n1. The lowest BCUT2D eigenvalue weighted by Gasteiger charge is -2.24. The highest BCUT2D eigenvalue weighted by Gasteiger charge is 2.40. The molecule has 0 spiro atoms. The zero-order valence-corrected chi connectivity index (χ0v) is 12.6. The van der Waals surface area contributed by atoms with Gasteiger partial charge >= 0.3 is 0 Å². The topological polar surface area (TPSA) is 77.9 Å². The molecule has 1 fully saturated rings. The summed E-state index contributed by atoms with van der Waals surface area (Å²) in [5, 5.41) is 21.9. The van der Waals surface area contributed by atoms with E-state index in [1.165, 1.54) is 12.1 Å². The van der Waals surface area contributed by atoms with Gasteiger partial charge in [0.1, 0.15) is 17.1 Å². The lowest BCUT2D eigenvalue weighted by atomic mass is 10.00. The molecule has 6 nitrogen and oxygen atoms in total. The van der Waals surface area contributed by atoms with Gasteiger partial charge in [-0.3, -0.25) is 4.98 Å². The number of aromatic amines is 1. The van der Waals surface area contributed by atoms with Crippen molar-refractivity contribution in [3.05, 3.63) is 47.7 Å². The molecule has 1 saturated heterocycles. The van der Waals surface area contributed by atoms with Crippen molar-refractivity contribution < 1.29 is 9.50 Å². The minimum absolute atomic E-state index is 0.296. The van der Waals surface area contributed by atoms with Gasteiger partial charge in [0.15, 0.2) is 0 Å². The van der Waals surface area contributed by atoms with E-state index in [0.717, 1.165) is 22.3 Å². The molecule has 3 aromatic rings. The van der Waals surface area contributed by atoms with Crippen LogP contribution >= 0.6 is 0 Å². The second-order valence-corrected chi connectivity index (χ2v) is 6.00. The number of hydrogen-bond acceptors (Lipinski definition) is 5. The monoisotopic (exact) mass is 313 g/mol. The van der Waals surface area contributed by atoms with E-state index in [1.54, 1.807) is 12.3 Å². The van der Waals surface area contributed by atoms with E-state index in [4.69, 9.17) is 0 Å². The smallest absolute Gasteiger partial charge is 0.129 e. The maximum absolute atomic E-state index is 13.7. The van der Waals surface area contributed by atoms with E-state index in [9.17, 15) is 9.50 Å². The molecule has 118 valence electrons. The van der Waals surface area contributed by atoms with Crippen LogP contribution < -0.4 is 4.90 Å². The Morgan fingerprint density at radius 2 is 2.22 bits per heavy atom. The van der Waals surface area contributed by atoms with Crippen LogP contribution in [0, 0.1) is 12.7 Å². The number of benzene rings is 1. The summed E-state index contributed by atoms with van der Waals surface area (Å²) in [6.45, 7) is 2.94. The highest BCUT2D eigenvalue weighted by molar-refractivity contribution is 5.92. The molecule has 0 radical (unpaired) electrons. The van der Waals surface area contributed by atoms with Crippen LogP contribution in [0.5, 0.6) is 0 Å². The summed E-state index contributed by atoms with van der Waals surface area (Å²) < 4.78 is 13.7. The highest BCUT2D eigenvalue weighted by atomic mass is 19.1. The Bertz CT molecular complexity index is 866. The maximum atomic E-state index is 13.7. The molecule has 2 N–H and O–H groups in total. The van der Waals surface area contributed by atoms with Crippen LogP contribution in [0.1, 0.15) is 17.8 Å². The normalized spacial score (nSPS) is 21.3. The van der Waals surface area contributed by atoms with Crippen LogP contribution in [0.15, 0.2) is 30.5 Å². The highest BCUT2D eigenvalue weighted by Crippen LogP contribution is 2.36. The first-order valence-corrected chi connectivity index (χ1v) is 7.46. The van der Waals surface area contributed by atoms with E-state index in [2.05, 4.69) is 20.4 Å². The summed E-state index contributed by atoms with van der Waals surface area (Å²) in [6.07, 6.45) is 2.08. The van der Waals surface area contributed by atoms with Crippen LogP contribution in [0.2, 0.25) is 0 Å². The molecule has 0 amide bonds. The Labute approximate surface area is 132 Å². The predicted octanol–water partition coefficient (Wildman–Crippen LogP) is 1.90. The average Bonchev–Trinajstić information content (AvgIpc) is 3.17. The summed E-state index contributed by atoms with van der Waals surface area (Å²) in [4.78, 5) is 6.50. The Balaban J connectivity index is 1.77. The number of aryl methyl sites for hydroxylation is 1. The molecular formula is C16H16FN5O. The van der Waals surface area contributed by atoms with Crippen molar-refractivity contribution in [2.75, 3.05) is 18.0 Å². The van der Waals surface area contributed by atoms with Gasteiger partial charge in [0.05, 0.1) is 18.3 Å². The second kappa shape index (κ2) is 4.99. The van der Waals surface area contributed by atoms with Gasteiger partial charge < -0.3 is 10.0 Å². The summed E-state index contributed by atoms with van der Waals surface area (Å²) in [7, 11) is 0. The lowest BCUT2D eigenvalue weighted by Crippen LogP contribution is -2.31. The molecule has 7 heteroatoms. The fourth-order valence-electron chi connectivity index (χ4n) is 3.20. The fourth-order valence-corrected chi connectivity index (χ4v) is 3.20. The first-order chi connectivity index (χ1) is 11.0. The minimum atomic E-state index is -1.05. The van der Waals surface area contributed by atoms with Crippen molar-refractivity contribution in [2.24, 2.45) is 0 Å². The van der Waals surface area contributed by atoms with Crippen molar-refractivity contribution >= 4 is 16.6 Å². The molecule has 1 aromatic carbocycles. The van der Waals surface area contributed by atoms with E-state index in [0.29, 0.717) is 25.2 Å². The van der Waals surface area contributed by atoms with Crippen molar-refractivity contribution in [2.45, 2.75) is 18.9 Å². The largest absolute Gasteiger partial charge is 0.381 e. The number of aromatic nitrogens is 4. The van der Waals surface area contributed by atoms with Crippen LogP contribution in [-0.2, 0) is 5.60 Å². The molecule has 1 aliphatic rings. The number of β-amino-alcohol motifs (C(OH)–C–C–N with tert-alkyl or cyclic N) is 1. The van der Waals surface area contributed by atoms with Gasteiger partial charge in [0.25, 0.3) is 0 Å². The van der Waals surface area contributed by atoms with Gasteiger partial charge in [-0.1, -0.05) is 0 Å². The molecule has 0 saturated carbocycles. The number of fused-ring (bicyclic) bond motifs is 1. The number of rotatable bonds is 2. The predicted molar refractivity (Wildman–Crippen MR) is 83.5 cm³/mol. The summed E-state index contributed by atoms with van der Waals surface area (Å²) in [5.74, 6) is -0.296. The Hall–Kier alpha value is -2.54. The van der Waals surface area contributed by atoms with E-state index in [-0.39, 0.29) is 5.82 Å². The molecule has 23 heavy (non-hydrogen) atoms. The Kier molecular flexibility index (Phi) is 3.05. The average molecular weight is 313 g/mol. The van der Waals surface area contributed by atoms with Gasteiger partial charge in [-0.15, -0.1) is 0 Å². The number of hydrogen-bond donors (Lipinski definition) is 2. The third kappa shape index (κ3) is 2.33. The first kappa shape index (κ1) is 14.1. The Morgan fingerprint density at radius 3 is 3.00 bits per heavy atom. The van der Waals surface area contributed by atoms with Crippen LogP contribution in [0.25, 0.3) is 10.9 Å². The van der Waals surface area contributed by atoms with Gasteiger partial charge in [0, 0.05) is 29.7 Å². The van der Waals surface area contributed by atoms with E-state index < -0.39 is 5.60 Å². The van der Waals surface area contributed by atoms with Gasteiger partial charge in [-0.05, 0) is 31.2 Å². The lowest BCUT2D eigenvalue weighted by molar-refractivity contribution is 0.0560. The molecule has 0 aliphatic carbocycles.